The van der Waals surface area contributed by atoms with Gasteiger partial charge in [-0.05, 0) is 12.8 Å². The van der Waals surface area contributed by atoms with Gasteiger partial charge in [-0.3, -0.25) is 4.99 Å². The molecule has 1 aliphatic rings. The van der Waals surface area contributed by atoms with Crippen LogP contribution in [-0.4, -0.2) is 68.5 Å². The highest BCUT2D eigenvalue weighted by atomic mass is 127. The molecule has 21 heavy (non-hydrogen) atoms. The van der Waals surface area contributed by atoms with Crippen molar-refractivity contribution in [2.24, 2.45) is 10.9 Å². The van der Waals surface area contributed by atoms with Crippen LogP contribution in [0.15, 0.2) is 4.99 Å². The maximum absolute atomic E-state index is 11.2. The fraction of sp³-hybridized carbons (Fsp3) is 0.923. The molecule has 0 aliphatic carbocycles. The molecule has 1 unspecified atom stereocenters. The molecule has 0 bridgehead atoms. The highest BCUT2D eigenvalue weighted by Gasteiger charge is 2.24. The van der Waals surface area contributed by atoms with E-state index < -0.39 is 9.84 Å². The second-order valence-electron chi connectivity index (χ2n) is 5.46. The first-order chi connectivity index (χ1) is 9.33. The van der Waals surface area contributed by atoms with Gasteiger partial charge in [0.25, 0.3) is 0 Å². The standard InChI is InChI=1S/C13H27N3O2S2.HI/c1-5-14-13(15-6-9-20(4,17)18)16-7-8-19-12(10-16)11(2)3;/h11-12H,5-10H2,1-4H3,(H,14,15);1H. The molecule has 0 amide bonds. The van der Waals surface area contributed by atoms with Crippen molar-refractivity contribution in [3.63, 3.8) is 0 Å². The first-order valence-electron chi connectivity index (χ1n) is 7.16. The molecule has 0 aromatic carbocycles. The molecule has 0 radical (unpaired) electrons. The van der Waals surface area contributed by atoms with Gasteiger partial charge >= 0.3 is 0 Å². The zero-order chi connectivity index (χ0) is 15.2. The average molecular weight is 449 g/mol. The quantitative estimate of drug-likeness (QED) is 0.393. The maximum atomic E-state index is 11.2. The van der Waals surface area contributed by atoms with Crippen LogP contribution in [0.3, 0.4) is 0 Å². The molecule has 0 aromatic rings. The van der Waals surface area contributed by atoms with Crippen LogP contribution < -0.4 is 5.32 Å². The second-order valence-corrected chi connectivity index (χ2v) is 9.07. The van der Waals surface area contributed by atoms with E-state index in [-0.39, 0.29) is 29.7 Å². The van der Waals surface area contributed by atoms with Gasteiger partial charge in [-0.1, -0.05) is 13.8 Å². The Morgan fingerprint density at radius 2 is 2.14 bits per heavy atom. The van der Waals surface area contributed by atoms with Crippen LogP contribution in [0.1, 0.15) is 20.8 Å². The van der Waals surface area contributed by atoms with Crippen molar-refractivity contribution in [3.8, 4) is 0 Å². The van der Waals surface area contributed by atoms with Crippen LogP contribution in [0.2, 0.25) is 0 Å². The SMILES string of the molecule is CCNC(=NCCS(C)(=O)=O)N1CCSC(C(C)C)C1.I. The smallest absolute Gasteiger partial charge is 0.194 e. The van der Waals surface area contributed by atoms with Gasteiger partial charge in [-0.2, -0.15) is 11.8 Å². The molecule has 1 rings (SSSR count). The molecule has 1 aliphatic heterocycles. The predicted octanol–water partition coefficient (Wildman–Crippen LogP) is 1.69. The lowest BCUT2D eigenvalue weighted by Crippen LogP contribution is -2.49. The minimum Gasteiger partial charge on any atom is -0.357 e. The zero-order valence-electron chi connectivity index (χ0n) is 13.3. The lowest BCUT2D eigenvalue weighted by atomic mass is 10.1. The van der Waals surface area contributed by atoms with Crippen molar-refractivity contribution in [2.45, 2.75) is 26.0 Å². The summed E-state index contributed by atoms with van der Waals surface area (Å²) in [7, 11) is -2.95. The number of hydrogen-bond acceptors (Lipinski definition) is 4. The largest absolute Gasteiger partial charge is 0.357 e. The highest BCUT2D eigenvalue weighted by molar-refractivity contribution is 14.0. The number of halogens is 1. The van der Waals surface area contributed by atoms with E-state index in [0.717, 1.165) is 31.3 Å². The Balaban J connectivity index is 0.00000400. The van der Waals surface area contributed by atoms with Crippen LogP contribution in [-0.2, 0) is 9.84 Å². The topological polar surface area (TPSA) is 61.8 Å². The van der Waals surface area contributed by atoms with E-state index in [1.54, 1.807) is 0 Å². The Kier molecular flexibility index (Phi) is 10.3. The third kappa shape index (κ3) is 8.49. The summed E-state index contributed by atoms with van der Waals surface area (Å²) in [6.07, 6.45) is 1.25. The molecule has 1 fully saturated rings. The number of thioether (sulfide) groups is 1. The van der Waals surface area contributed by atoms with Crippen molar-refractivity contribution in [1.29, 1.82) is 0 Å². The molecular weight excluding hydrogens is 421 g/mol. The lowest BCUT2D eigenvalue weighted by Gasteiger charge is -2.36. The molecule has 1 heterocycles. The highest BCUT2D eigenvalue weighted by Crippen LogP contribution is 2.24. The van der Waals surface area contributed by atoms with E-state index in [1.807, 2.05) is 18.7 Å². The van der Waals surface area contributed by atoms with E-state index in [1.165, 1.54) is 6.26 Å². The van der Waals surface area contributed by atoms with Crippen LogP contribution in [0.4, 0.5) is 0 Å². The molecule has 1 N–H and O–H groups in total. The Morgan fingerprint density at radius 1 is 1.48 bits per heavy atom. The van der Waals surface area contributed by atoms with Gasteiger partial charge in [0, 0.05) is 36.9 Å². The maximum Gasteiger partial charge on any atom is 0.194 e. The summed E-state index contributed by atoms with van der Waals surface area (Å²) in [6.45, 7) is 9.60. The monoisotopic (exact) mass is 449 g/mol. The molecule has 0 aromatic heterocycles. The number of sulfone groups is 1. The van der Waals surface area contributed by atoms with Crippen molar-refractivity contribution in [1.82, 2.24) is 10.2 Å². The third-order valence-electron chi connectivity index (χ3n) is 3.20. The molecular formula is C13H28IN3O2S2. The number of guanidine groups is 1. The van der Waals surface area contributed by atoms with Gasteiger partial charge in [-0.15, -0.1) is 24.0 Å². The van der Waals surface area contributed by atoms with Crippen molar-refractivity contribution < 1.29 is 8.42 Å². The van der Waals surface area contributed by atoms with Crippen molar-refractivity contribution in [2.75, 3.05) is 43.9 Å². The summed E-state index contributed by atoms with van der Waals surface area (Å²) in [6, 6.07) is 0. The van der Waals surface area contributed by atoms with Gasteiger partial charge in [0.1, 0.15) is 9.84 Å². The first kappa shape index (κ1) is 21.3. The van der Waals surface area contributed by atoms with E-state index in [0.29, 0.717) is 17.7 Å². The normalized spacial score (nSPS) is 20.3. The summed E-state index contributed by atoms with van der Waals surface area (Å²) >= 11 is 2.02. The zero-order valence-corrected chi connectivity index (χ0v) is 17.3. The average Bonchev–Trinajstić information content (AvgIpc) is 2.36. The van der Waals surface area contributed by atoms with Gasteiger partial charge in [0.2, 0.25) is 0 Å². The summed E-state index contributed by atoms with van der Waals surface area (Å²) in [5, 5.41) is 3.88. The number of aliphatic imine (C=N–C) groups is 1. The van der Waals surface area contributed by atoms with Crippen LogP contribution in [0.25, 0.3) is 0 Å². The molecule has 5 nitrogen and oxygen atoms in total. The van der Waals surface area contributed by atoms with Crippen molar-refractivity contribution >= 4 is 51.5 Å². The minimum absolute atomic E-state index is 0. The molecule has 1 atom stereocenters. The van der Waals surface area contributed by atoms with Crippen LogP contribution in [0.5, 0.6) is 0 Å². The summed E-state index contributed by atoms with van der Waals surface area (Å²) < 4.78 is 22.4. The van der Waals surface area contributed by atoms with E-state index in [9.17, 15) is 8.42 Å². The Hall–Kier alpha value is 0.300. The fourth-order valence-corrected chi connectivity index (χ4v) is 3.74. The van der Waals surface area contributed by atoms with Gasteiger partial charge in [0.15, 0.2) is 5.96 Å². The number of nitrogens with zero attached hydrogens (tertiary/aromatic N) is 2. The van der Waals surface area contributed by atoms with Crippen LogP contribution in [0, 0.1) is 5.92 Å². The Morgan fingerprint density at radius 3 is 2.67 bits per heavy atom. The molecule has 1 saturated heterocycles. The summed E-state index contributed by atoms with van der Waals surface area (Å²) in [5.41, 5.74) is 0. The molecule has 126 valence electrons. The molecule has 0 saturated carbocycles. The Labute approximate surface area is 150 Å². The van der Waals surface area contributed by atoms with Crippen LogP contribution >= 0.6 is 35.7 Å². The number of rotatable bonds is 5. The third-order valence-corrected chi connectivity index (χ3v) is 5.66. The Bertz CT molecular complexity index is 427. The van der Waals surface area contributed by atoms with Gasteiger partial charge < -0.3 is 10.2 Å². The lowest BCUT2D eigenvalue weighted by molar-refractivity contribution is 0.381. The van der Waals surface area contributed by atoms with Crippen molar-refractivity contribution in [3.05, 3.63) is 0 Å². The summed E-state index contributed by atoms with van der Waals surface area (Å²) in [4.78, 5) is 6.72. The molecule has 0 spiro atoms. The second kappa shape index (κ2) is 10.1. The number of nitrogens with one attached hydrogen (secondary N) is 1. The number of hydrogen-bond donors (Lipinski definition) is 1. The minimum atomic E-state index is -2.95. The predicted molar refractivity (Wildman–Crippen MR) is 104 cm³/mol. The van der Waals surface area contributed by atoms with E-state index >= 15 is 0 Å². The summed E-state index contributed by atoms with van der Waals surface area (Å²) in [5.74, 6) is 2.70. The fourth-order valence-electron chi connectivity index (χ4n) is 2.01. The van der Waals surface area contributed by atoms with E-state index in [2.05, 4.69) is 29.1 Å². The molecule has 8 heteroatoms. The van der Waals surface area contributed by atoms with E-state index in [4.69, 9.17) is 0 Å². The van der Waals surface area contributed by atoms with Gasteiger partial charge in [0.05, 0.1) is 12.3 Å². The first-order valence-corrected chi connectivity index (χ1v) is 10.3. The van der Waals surface area contributed by atoms with Gasteiger partial charge in [-0.25, -0.2) is 8.42 Å².